The summed E-state index contributed by atoms with van der Waals surface area (Å²) in [5, 5.41) is 0. The van der Waals surface area contributed by atoms with Crippen LogP contribution in [0.15, 0.2) is 30.3 Å². The molecule has 5 nitrogen and oxygen atoms in total. The third-order valence-electron chi connectivity index (χ3n) is 6.65. The fraction of sp³-hybridized carbons (Fsp3) is 0.500. The molecule has 2 saturated carbocycles. The molecule has 2 aromatic rings. The quantitative estimate of drug-likeness (QED) is 0.841. The largest absolute Gasteiger partial charge is 0.362 e. The fourth-order valence-corrected chi connectivity index (χ4v) is 4.79. The highest BCUT2D eigenvalue weighted by Crippen LogP contribution is 2.66. The van der Waals surface area contributed by atoms with E-state index in [2.05, 4.69) is 4.90 Å². The highest BCUT2D eigenvalue weighted by molar-refractivity contribution is 5.83. The molecule has 5 rings (SSSR count). The summed E-state index contributed by atoms with van der Waals surface area (Å²) < 4.78 is 0. The number of rotatable bonds is 3. The molecule has 0 N–H and O–H groups in total. The zero-order chi connectivity index (χ0) is 18.6. The van der Waals surface area contributed by atoms with E-state index in [0.29, 0.717) is 17.9 Å². The third kappa shape index (κ3) is 2.71. The minimum absolute atomic E-state index is 0.275. The highest BCUT2D eigenvalue weighted by atomic mass is 16.2. The van der Waals surface area contributed by atoms with Crippen LogP contribution in [0.3, 0.4) is 0 Å². The molecular weight excluding hydrogens is 336 g/mol. The van der Waals surface area contributed by atoms with Crippen molar-refractivity contribution in [2.45, 2.75) is 38.6 Å². The number of hydrogen-bond donors (Lipinski definition) is 0. The highest BCUT2D eigenvalue weighted by Gasteiger charge is 2.61. The van der Waals surface area contributed by atoms with Crippen LogP contribution in [0.1, 0.15) is 36.9 Å². The molecule has 5 heteroatoms. The summed E-state index contributed by atoms with van der Waals surface area (Å²) in [7, 11) is 4.05. The molecule has 0 saturated heterocycles. The molecule has 27 heavy (non-hydrogen) atoms. The normalized spacial score (nSPS) is 22.1. The number of amides is 1. The Bertz CT molecular complexity index is 889. The van der Waals surface area contributed by atoms with Crippen LogP contribution < -0.4 is 4.90 Å². The van der Waals surface area contributed by atoms with Crippen molar-refractivity contribution in [3.63, 3.8) is 0 Å². The van der Waals surface area contributed by atoms with Gasteiger partial charge in [0.15, 0.2) is 5.82 Å². The van der Waals surface area contributed by atoms with E-state index in [-0.39, 0.29) is 5.92 Å². The van der Waals surface area contributed by atoms with Crippen LogP contribution in [-0.2, 0) is 17.8 Å². The first-order chi connectivity index (χ1) is 13.1. The molecule has 1 spiro atoms. The minimum atomic E-state index is 0.275. The first-order valence-electron chi connectivity index (χ1n) is 9.99. The standard InChI is InChI=1S/C22H26N4O/c1-25(2)20-16-9-12-26(21(27)17-13-22(17)10-6-11-22)14-18(16)23-19(24-20)15-7-4-3-5-8-15/h3-5,7-8,17H,6,9-14H2,1-2H3. The second kappa shape index (κ2) is 6.04. The van der Waals surface area contributed by atoms with Crippen molar-refractivity contribution < 1.29 is 4.79 Å². The molecule has 1 aromatic heterocycles. The van der Waals surface area contributed by atoms with Gasteiger partial charge < -0.3 is 9.80 Å². The van der Waals surface area contributed by atoms with Crippen molar-refractivity contribution in [2.75, 3.05) is 25.5 Å². The van der Waals surface area contributed by atoms with E-state index in [4.69, 9.17) is 9.97 Å². The van der Waals surface area contributed by atoms with Crippen LogP contribution in [0.5, 0.6) is 0 Å². The first-order valence-corrected chi connectivity index (χ1v) is 9.99. The molecule has 140 valence electrons. The van der Waals surface area contributed by atoms with Gasteiger partial charge in [-0.2, -0.15) is 0 Å². The zero-order valence-corrected chi connectivity index (χ0v) is 16.1. The maximum Gasteiger partial charge on any atom is 0.226 e. The molecule has 1 aliphatic heterocycles. The molecule has 1 amide bonds. The number of hydrogen-bond acceptors (Lipinski definition) is 4. The van der Waals surface area contributed by atoms with Gasteiger partial charge in [0.25, 0.3) is 0 Å². The minimum Gasteiger partial charge on any atom is -0.362 e. The SMILES string of the molecule is CN(C)c1nc(-c2ccccc2)nc2c1CCN(C(=O)C1CC13CCC3)C2. The van der Waals surface area contributed by atoms with Crippen LogP contribution in [0.4, 0.5) is 5.82 Å². The van der Waals surface area contributed by atoms with Gasteiger partial charge in [-0.15, -0.1) is 0 Å². The Morgan fingerprint density at radius 3 is 2.59 bits per heavy atom. The van der Waals surface area contributed by atoms with E-state index < -0.39 is 0 Å². The van der Waals surface area contributed by atoms with Gasteiger partial charge in [-0.05, 0) is 31.1 Å². The van der Waals surface area contributed by atoms with Crippen LogP contribution in [-0.4, -0.2) is 41.4 Å². The third-order valence-corrected chi connectivity index (χ3v) is 6.65. The van der Waals surface area contributed by atoms with Crippen LogP contribution in [0, 0.1) is 11.3 Å². The molecular formula is C22H26N4O. The molecule has 0 bridgehead atoms. The van der Waals surface area contributed by atoms with Gasteiger partial charge in [0.1, 0.15) is 5.82 Å². The van der Waals surface area contributed by atoms with E-state index >= 15 is 0 Å². The van der Waals surface area contributed by atoms with Crippen molar-refractivity contribution >= 4 is 11.7 Å². The average Bonchev–Trinajstić information content (AvgIpc) is 3.43. The summed E-state index contributed by atoms with van der Waals surface area (Å²) in [5.41, 5.74) is 3.60. The van der Waals surface area contributed by atoms with Crippen LogP contribution >= 0.6 is 0 Å². The van der Waals surface area contributed by atoms with E-state index in [1.807, 2.05) is 49.3 Å². The Morgan fingerprint density at radius 2 is 1.96 bits per heavy atom. The van der Waals surface area contributed by atoms with Crippen molar-refractivity contribution in [2.24, 2.45) is 11.3 Å². The van der Waals surface area contributed by atoms with Crippen molar-refractivity contribution in [1.82, 2.24) is 14.9 Å². The zero-order valence-electron chi connectivity index (χ0n) is 16.1. The topological polar surface area (TPSA) is 49.3 Å². The van der Waals surface area contributed by atoms with E-state index in [1.165, 1.54) is 24.8 Å². The van der Waals surface area contributed by atoms with Gasteiger partial charge in [-0.1, -0.05) is 36.8 Å². The van der Waals surface area contributed by atoms with Gasteiger partial charge >= 0.3 is 0 Å². The van der Waals surface area contributed by atoms with Crippen molar-refractivity contribution in [1.29, 1.82) is 0 Å². The summed E-state index contributed by atoms with van der Waals surface area (Å²) in [4.78, 5) is 26.8. The molecule has 1 atom stereocenters. The number of carbonyl (C=O) groups excluding carboxylic acids is 1. The fourth-order valence-electron chi connectivity index (χ4n) is 4.79. The van der Waals surface area contributed by atoms with E-state index in [0.717, 1.165) is 42.3 Å². The van der Waals surface area contributed by atoms with E-state index in [1.54, 1.807) is 0 Å². The monoisotopic (exact) mass is 362 g/mol. The lowest BCUT2D eigenvalue weighted by Crippen LogP contribution is -2.39. The molecule has 0 radical (unpaired) electrons. The number of benzene rings is 1. The molecule has 3 aliphatic rings. The smallest absolute Gasteiger partial charge is 0.226 e. The van der Waals surface area contributed by atoms with Crippen LogP contribution in [0.2, 0.25) is 0 Å². The number of fused-ring (bicyclic) bond motifs is 1. The lowest BCUT2D eigenvalue weighted by molar-refractivity contribution is -0.135. The van der Waals surface area contributed by atoms with Gasteiger partial charge in [-0.25, -0.2) is 9.97 Å². The molecule has 1 aromatic carbocycles. The van der Waals surface area contributed by atoms with Gasteiger partial charge in [-0.3, -0.25) is 4.79 Å². The molecule has 2 aliphatic carbocycles. The Morgan fingerprint density at radius 1 is 1.19 bits per heavy atom. The lowest BCUT2D eigenvalue weighted by Gasteiger charge is -2.33. The Hall–Kier alpha value is -2.43. The maximum absolute atomic E-state index is 13.0. The first kappa shape index (κ1) is 16.7. The number of nitrogens with zero attached hydrogens (tertiary/aromatic N) is 4. The molecule has 2 fully saturated rings. The second-order valence-corrected chi connectivity index (χ2v) is 8.54. The Kier molecular flexibility index (Phi) is 3.74. The molecule has 1 unspecified atom stereocenters. The summed E-state index contributed by atoms with van der Waals surface area (Å²) in [6.45, 7) is 1.40. The summed E-state index contributed by atoms with van der Waals surface area (Å²) in [6, 6.07) is 10.1. The van der Waals surface area contributed by atoms with E-state index in [9.17, 15) is 4.79 Å². The van der Waals surface area contributed by atoms with Crippen molar-refractivity contribution in [3.8, 4) is 11.4 Å². The predicted molar refractivity (Wildman–Crippen MR) is 105 cm³/mol. The summed E-state index contributed by atoms with van der Waals surface area (Å²) in [6.07, 6.45) is 5.74. The predicted octanol–water partition coefficient (Wildman–Crippen LogP) is 3.28. The Labute approximate surface area is 160 Å². The lowest BCUT2D eigenvalue weighted by atomic mass is 9.79. The maximum atomic E-state index is 13.0. The Balaban J connectivity index is 1.46. The second-order valence-electron chi connectivity index (χ2n) is 8.54. The summed E-state index contributed by atoms with van der Waals surface area (Å²) >= 11 is 0. The summed E-state index contributed by atoms with van der Waals surface area (Å²) in [5.74, 6) is 2.35. The number of carbonyl (C=O) groups is 1. The van der Waals surface area contributed by atoms with Gasteiger partial charge in [0.2, 0.25) is 5.91 Å². The van der Waals surface area contributed by atoms with Gasteiger partial charge in [0, 0.05) is 37.7 Å². The van der Waals surface area contributed by atoms with Gasteiger partial charge in [0.05, 0.1) is 12.2 Å². The number of anilines is 1. The number of aromatic nitrogens is 2. The molecule has 2 heterocycles. The van der Waals surface area contributed by atoms with Crippen LogP contribution in [0.25, 0.3) is 11.4 Å². The average molecular weight is 362 g/mol. The van der Waals surface area contributed by atoms with Crippen molar-refractivity contribution in [3.05, 3.63) is 41.6 Å².